The van der Waals surface area contributed by atoms with Gasteiger partial charge in [0.2, 0.25) is 5.89 Å². The average Bonchev–Trinajstić information content (AvgIpc) is 2.76. The van der Waals surface area contributed by atoms with Crippen LogP contribution in [0.4, 0.5) is 0 Å². The number of hydrogen-bond donors (Lipinski definition) is 1. The summed E-state index contributed by atoms with van der Waals surface area (Å²) in [5, 5.41) is 13.2. The molecule has 6 nitrogen and oxygen atoms in total. The van der Waals surface area contributed by atoms with E-state index in [4.69, 9.17) is 9.26 Å². The number of hydrogen-bond acceptors (Lipinski definition) is 5. The molecular weight excluding hydrogens is 248 g/mol. The monoisotopic (exact) mass is 270 g/mol. The zero-order valence-electron chi connectivity index (χ0n) is 12.0. The minimum atomic E-state index is -0.899. The summed E-state index contributed by atoms with van der Waals surface area (Å²) >= 11 is 0. The second-order valence-corrected chi connectivity index (χ2v) is 5.11. The van der Waals surface area contributed by atoms with Gasteiger partial charge in [0, 0.05) is 19.4 Å². The maximum atomic E-state index is 11.4. The number of rotatable bonds is 8. The fourth-order valence-corrected chi connectivity index (χ4v) is 1.61. The van der Waals surface area contributed by atoms with Gasteiger partial charge in [0.15, 0.2) is 5.82 Å². The maximum absolute atomic E-state index is 11.4. The third kappa shape index (κ3) is 4.02. The van der Waals surface area contributed by atoms with Gasteiger partial charge in [0.05, 0.1) is 12.0 Å². The largest absolute Gasteiger partial charge is 0.481 e. The molecule has 19 heavy (non-hydrogen) atoms. The van der Waals surface area contributed by atoms with Crippen molar-refractivity contribution in [1.29, 1.82) is 0 Å². The van der Waals surface area contributed by atoms with Crippen molar-refractivity contribution in [2.24, 2.45) is 11.3 Å². The first-order valence-electron chi connectivity index (χ1n) is 6.52. The van der Waals surface area contributed by atoms with E-state index in [-0.39, 0.29) is 12.3 Å². The van der Waals surface area contributed by atoms with Gasteiger partial charge in [-0.2, -0.15) is 4.98 Å². The Bertz CT molecular complexity index is 417. The van der Waals surface area contributed by atoms with Crippen LogP contribution in [-0.2, 0) is 22.4 Å². The summed E-state index contributed by atoms with van der Waals surface area (Å²) in [5.74, 6) is 0.0467. The Morgan fingerprint density at radius 3 is 2.74 bits per heavy atom. The zero-order chi connectivity index (χ0) is 14.5. The van der Waals surface area contributed by atoms with E-state index in [1.807, 2.05) is 20.8 Å². The summed E-state index contributed by atoms with van der Waals surface area (Å²) in [7, 11) is 0. The van der Waals surface area contributed by atoms with Gasteiger partial charge >= 0.3 is 5.97 Å². The highest BCUT2D eigenvalue weighted by Crippen LogP contribution is 2.31. The Hall–Kier alpha value is -1.43. The van der Waals surface area contributed by atoms with Crippen molar-refractivity contribution < 1.29 is 19.2 Å². The predicted octanol–water partition coefficient (Wildman–Crippen LogP) is 1.94. The zero-order valence-corrected chi connectivity index (χ0v) is 12.0. The molecule has 0 radical (unpaired) electrons. The highest BCUT2D eigenvalue weighted by Gasteiger charge is 2.38. The molecule has 0 saturated heterocycles. The number of aliphatic carboxylic acids is 1. The Morgan fingerprint density at radius 2 is 2.21 bits per heavy atom. The fourth-order valence-electron chi connectivity index (χ4n) is 1.61. The lowest BCUT2D eigenvalue weighted by Crippen LogP contribution is -2.35. The number of carboxylic acid groups (broad SMARTS) is 1. The number of carboxylic acids is 1. The van der Waals surface area contributed by atoms with E-state index in [0.29, 0.717) is 31.3 Å². The SMILES string of the molecule is CCOCCc1noc(CC(C)(C(=O)O)C(C)C)n1. The van der Waals surface area contributed by atoms with Crippen LogP contribution in [0.25, 0.3) is 0 Å². The molecule has 6 heteroatoms. The Kier molecular flexibility index (Phi) is 5.47. The summed E-state index contributed by atoms with van der Waals surface area (Å²) in [6.07, 6.45) is 0.810. The van der Waals surface area contributed by atoms with Crippen LogP contribution in [0, 0.1) is 11.3 Å². The molecule has 108 valence electrons. The van der Waals surface area contributed by atoms with E-state index in [2.05, 4.69) is 10.1 Å². The summed E-state index contributed by atoms with van der Waals surface area (Å²) in [6.45, 7) is 8.55. The molecular formula is C13H22N2O4. The maximum Gasteiger partial charge on any atom is 0.310 e. The third-order valence-electron chi connectivity index (χ3n) is 3.47. The third-order valence-corrected chi connectivity index (χ3v) is 3.47. The first-order valence-corrected chi connectivity index (χ1v) is 6.52. The molecule has 0 bridgehead atoms. The summed E-state index contributed by atoms with van der Waals surface area (Å²) in [5.41, 5.74) is -0.899. The minimum absolute atomic E-state index is 0.0243. The van der Waals surface area contributed by atoms with Crippen molar-refractivity contribution in [3.63, 3.8) is 0 Å². The molecule has 0 aliphatic carbocycles. The van der Waals surface area contributed by atoms with Gasteiger partial charge in [-0.25, -0.2) is 0 Å². The molecule has 1 aromatic rings. The van der Waals surface area contributed by atoms with E-state index in [1.54, 1.807) is 6.92 Å². The van der Waals surface area contributed by atoms with Crippen LogP contribution in [0.2, 0.25) is 0 Å². The molecule has 1 heterocycles. The van der Waals surface area contributed by atoms with Gasteiger partial charge in [-0.15, -0.1) is 0 Å². The standard InChI is InChI=1S/C13H22N2O4/c1-5-18-7-6-10-14-11(19-15-10)8-13(4,9(2)3)12(16)17/h9H,5-8H2,1-4H3,(H,16,17). The molecule has 0 fully saturated rings. The number of ether oxygens (including phenoxy) is 1. The quantitative estimate of drug-likeness (QED) is 0.726. The van der Waals surface area contributed by atoms with E-state index < -0.39 is 11.4 Å². The normalized spacial score (nSPS) is 14.6. The second-order valence-electron chi connectivity index (χ2n) is 5.11. The van der Waals surface area contributed by atoms with Crippen molar-refractivity contribution in [2.45, 2.75) is 40.5 Å². The second kappa shape index (κ2) is 6.65. The number of nitrogens with zero attached hydrogens (tertiary/aromatic N) is 2. The molecule has 1 N–H and O–H groups in total. The molecule has 0 aliphatic rings. The van der Waals surface area contributed by atoms with Crippen molar-refractivity contribution >= 4 is 5.97 Å². The van der Waals surface area contributed by atoms with Crippen molar-refractivity contribution in [1.82, 2.24) is 10.1 Å². The molecule has 0 aromatic carbocycles. The van der Waals surface area contributed by atoms with Gasteiger partial charge in [0.25, 0.3) is 0 Å². The van der Waals surface area contributed by atoms with E-state index in [1.165, 1.54) is 0 Å². The number of aromatic nitrogens is 2. The van der Waals surface area contributed by atoms with E-state index in [9.17, 15) is 9.90 Å². The minimum Gasteiger partial charge on any atom is -0.481 e. The van der Waals surface area contributed by atoms with Gasteiger partial charge < -0.3 is 14.4 Å². The van der Waals surface area contributed by atoms with E-state index >= 15 is 0 Å². The fraction of sp³-hybridized carbons (Fsp3) is 0.769. The first-order chi connectivity index (χ1) is 8.90. The van der Waals surface area contributed by atoms with Crippen LogP contribution in [0.3, 0.4) is 0 Å². The lowest BCUT2D eigenvalue weighted by atomic mass is 9.76. The van der Waals surface area contributed by atoms with Crippen LogP contribution in [-0.4, -0.2) is 34.4 Å². The summed E-state index contributed by atoms with van der Waals surface area (Å²) in [4.78, 5) is 15.6. The number of carbonyl (C=O) groups is 1. The molecule has 0 amide bonds. The smallest absolute Gasteiger partial charge is 0.310 e. The molecule has 0 saturated carbocycles. The van der Waals surface area contributed by atoms with Crippen molar-refractivity contribution in [3.8, 4) is 0 Å². The van der Waals surface area contributed by atoms with Crippen LogP contribution < -0.4 is 0 Å². The summed E-state index contributed by atoms with van der Waals surface area (Å²) in [6, 6.07) is 0. The van der Waals surface area contributed by atoms with E-state index in [0.717, 1.165) is 0 Å². The highest BCUT2D eigenvalue weighted by molar-refractivity contribution is 5.74. The molecule has 0 aliphatic heterocycles. The van der Waals surface area contributed by atoms with Gasteiger partial charge in [-0.1, -0.05) is 19.0 Å². The average molecular weight is 270 g/mol. The molecule has 1 atom stereocenters. The van der Waals surface area contributed by atoms with Crippen molar-refractivity contribution in [3.05, 3.63) is 11.7 Å². The van der Waals surface area contributed by atoms with Crippen LogP contribution in [0.1, 0.15) is 39.4 Å². The predicted molar refractivity (Wildman–Crippen MR) is 68.8 cm³/mol. The first kappa shape index (κ1) is 15.6. The molecule has 1 rings (SSSR count). The van der Waals surface area contributed by atoms with Gasteiger partial charge in [-0.3, -0.25) is 4.79 Å². The lowest BCUT2D eigenvalue weighted by molar-refractivity contribution is -0.150. The van der Waals surface area contributed by atoms with Crippen LogP contribution in [0.15, 0.2) is 4.52 Å². The van der Waals surface area contributed by atoms with Crippen LogP contribution >= 0.6 is 0 Å². The van der Waals surface area contributed by atoms with Gasteiger partial charge in [0.1, 0.15) is 0 Å². The Balaban J connectivity index is 2.68. The molecule has 0 spiro atoms. The van der Waals surface area contributed by atoms with Gasteiger partial charge in [-0.05, 0) is 19.8 Å². The van der Waals surface area contributed by atoms with Crippen LogP contribution in [0.5, 0.6) is 0 Å². The van der Waals surface area contributed by atoms with Crippen molar-refractivity contribution in [2.75, 3.05) is 13.2 Å². The highest BCUT2D eigenvalue weighted by atomic mass is 16.5. The Labute approximate surface area is 113 Å². The summed E-state index contributed by atoms with van der Waals surface area (Å²) < 4.78 is 10.3. The lowest BCUT2D eigenvalue weighted by Gasteiger charge is -2.27. The molecule has 1 aromatic heterocycles. The Morgan fingerprint density at radius 1 is 1.53 bits per heavy atom. The topological polar surface area (TPSA) is 85.5 Å². The molecule has 1 unspecified atom stereocenters.